The van der Waals surface area contributed by atoms with Gasteiger partial charge in [0.25, 0.3) is 11.1 Å². The van der Waals surface area contributed by atoms with Crippen LogP contribution in [-0.2, 0) is 6.18 Å². The number of hydrogen-bond donors (Lipinski definition) is 2. The van der Waals surface area contributed by atoms with Crippen molar-refractivity contribution in [3.8, 4) is 0 Å². The van der Waals surface area contributed by atoms with Crippen molar-refractivity contribution in [2.75, 3.05) is 0 Å². The SMILES string of the molecule is Cc1cc(=O)[nH]c(C)n1.Cc1nc(C(F)(F)F)cc(=O)[nH]1. The van der Waals surface area contributed by atoms with Crippen molar-refractivity contribution in [1.29, 1.82) is 0 Å². The highest BCUT2D eigenvalue weighted by molar-refractivity contribution is 5.05. The second-order valence-corrected chi connectivity index (χ2v) is 4.19. The maximum absolute atomic E-state index is 11.9. The highest BCUT2D eigenvalue weighted by Crippen LogP contribution is 2.25. The lowest BCUT2D eigenvalue weighted by molar-refractivity contribution is -0.141. The number of aryl methyl sites for hydroxylation is 3. The Balaban J connectivity index is 0.000000219. The number of nitrogens with zero attached hydrogens (tertiary/aromatic N) is 2. The molecule has 2 rings (SSSR count). The van der Waals surface area contributed by atoms with Crippen LogP contribution in [0.15, 0.2) is 21.7 Å². The number of hydrogen-bond acceptors (Lipinski definition) is 4. The third kappa shape index (κ3) is 5.59. The summed E-state index contributed by atoms with van der Waals surface area (Å²) in [5.41, 5.74) is -1.28. The third-order valence-corrected chi connectivity index (χ3v) is 2.14. The first kappa shape index (κ1) is 16.6. The van der Waals surface area contributed by atoms with Gasteiger partial charge in [-0.1, -0.05) is 0 Å². The second-order valence-electron chi connectivity index (χ2n) is 4.19. The van der Waals surface area contributed by atoms with Gasteiger partial charge in [0, 0.05) is 17.8 Å². The molecule has 2 aromatic heterocycles. The fourth-order valence-corrected chi connectivity index (χ4v) is 1.45. The zero-order chi connectivity index (χ0) is 16.2. The molecule has 0 unspecified atom stereocenters. The van der Waals surface area contributed by atoms with Crippen LogP contribution in [0.3, 0.4) is 0 Å². The summed E-state index contributed by atoms with van der Waals surface area (Å²) in [4.78, 5) is 32.9. The average molecular weight is 302 g/mol. The van der Waals surface area contributed by atoms with Gasteiger partial charge >= 0.3 is 6.18 Å². The molecule has 114 valence electrons. The Morgan fingerprint density at radius 3 is 1.76 bits per heavy atom. The monoisotopic (exact) mass is 302 g/mol. The van der Waals surface area contributed by atoms with Gasteiger partial charge in [-0.25, -0.2) is 9.97 Å². The Kier molecular flexibility index (Phi) is 5.01. The Labute approximate surface area is 117 Å². The molecule has 0 aromatic carbocycles. The summed E-state index contributed by atoms with van der Waals surface area (Å²) in [6.45, 7) is 4.84. The minimum absolute atomic E-state index is 0.0465. The molecule has 9 heteroatoms. The smallest absolute Gasteiger partial charge is 0.311 e. The minimum atomic E-state index is -4.56. The summed E-state index contributed by atoms with van der Waals surface area (Å²) in [5.74, 6) is 0.620. The number of halogens is 3. The molecule has 0 fully saturated rings. The Morgan fingerprint density at radius 1 is 0.905 bits per heavy atom. The second kappa shape index (κ2) is 6.33. The van der Waals surface area contributed by atoms with Gasteiger partial charge in [0.15, 0.2) is 5.69 Å². The molecule has 6 nitrogen and oxygen atoms in total. The molecule has 0 atom stereocenters. The Bertz CT molecular complexity index is 711. The molecule has 0 saturated carbocycles. The molecule has 2 N–H and O–H groups in total. The summed E-state index contributed by atoms with van der Waals surface area (Å²) in [5, 5.41) is 0. The molecule has 0 bridgehead atoms. The van der Waals surface area contributed by atoms with E-state index in [1.165, 1.54) is 13.0 Å². The van der Waals surface area contributed by atoms with E-state index in [2.05, 4.69) is 19.9 Å². The number of rotatable bonds is 0. The van der Waals surface area contributed by atoms with Gasteiger partial charge < -0.3 is 9.97 Å². The van der Waals surface area contributed by atoms with Gasteiger partial charge in [-0.3, -0.25) is 9.59 Å². The minimum Gasteiger partial charge on any atom is -0.311 e. The lowest BCUT2D eigenvalue weighted by atomic mass is 10.4. The normalized spacial score (nSPS) is 10.8. The van der Waals surface area contributed by atoms with Gasteiger partial charge in [0.05, 0.1) is 0 Å². The molecule has 0 aliphatic rings. The topological polar surface area (TPSA) is 91.5 Å². The van der Waals surface area contributed by atoms with Crippen molar-refractivity contribution in [1.82, 2.24) is 19.9 Å². The molecule has 0 saturated heterocycles. The summed E-state index contributed by atoms with van der Waals surface area (Å²) >= 11 is 0. The first-order valence-corrected chi connectivity index (χ1v) is 5.77. The Hall–Kier alpha value is -2.45. The van der Waals surface area contributed by atoms with Gasteiger partial charge in [-0.2, -0.15) is 13.2 Å². The fraction of sp³-hybridized carbons (Fsp3) is 0.333. The summed E-state index contributed by atoms with van der Waals surface area (Å²) < 4.78 is 35.8. The van der Waals surface area contributed by atoms with E-state index in [-0.39, 0.29) is 11.4 Å². The number of alkyl halides is 3. The van der Waals surface area contributed by atoms with E-state index in [9.17, 15) is 22.8 Å². The molecule has 0 amide bonds. The maximum Gasteiger partial charge on any atom is 0.433 e. The maximum atomic E-state index is 11.9. The molecule has 21 heavy (non-hydrogen) atoms. The van der Waals surface area contributed by atoms with E-state index in [1.807, 2.05) is 0 Å². The van der Waals surface area contributed by atoms with E-state index < -0.39 is 17.4 Å². The third-order valence-electron chi connectivity index (χ3n) is 2.14. The van der Waals surface area contributed by atoms with Crippen LogP contribution in [0.2, 0.25) is 0 Å². The van der Waals surface area contributed by atoms with Crippen LogP contribution in [0.25, 0.3) is 0 Å². The largest absolute Gasteiger partial charge is 0.433 e. The summed E-state index contributed by atoms with van der Waals surface area (Å²) in [6.07, 6.45) is -4.56. The van der Waals surface area contributed by atoms with Gasteiger partial charge in [-0.05, 0) is 20.8 Å². The molecular weight excluding hydrogens is 289 g/mol. The quantitative estimate of drug-likeness (QED) is 0.771. The van der Waals surface area contributed by atoms with Crippen LogP contribution in [0.1, 0.15) is 23.0 Å². The number of nitrogens with one attached hydrogen (secondary N) is 2. The van der Waals surface area contributed by atoms with Crippen molar-refractivity contribution in [3.05, 3.63) is 55.9 Å². The number of aromatic nitrogens is 4. The predicted molar refractivity (Wildman–Crippen MR) is 68.9 cm³/mol. The van der Waals surface area contributed by atoms with Crippen molar-refractivity contribution >= 4 is 0 Å². The zero-order valence-electron chi connectivity index (χ0n) is 11.5. The summed E-state index contributed by atoms with van der Waals surface area (Å²) in [7, 11) is 0. The molecular formula is C12H13F3N4O2. The first-order valence-electron chi connectivity index (χ1n) is 5.77. The summed E-state index contributed by atoms with van der Waals surface area (Å²) in [6, 6.07) is 1.89. The van der Waals surface area contributed by atoms with Crippen LogP contribution in [0.5, 0.6) is 0 Å². The van der Waals surface area contributed by atoms with Gasteiger partial charge in [0.1, 0.15) is 11.6 Å². The molecule has 0 radical (unpaired) electrons. The molecule has 0 aliphatic heterocycles. The van der Waals surface area contributed by atoms with Crippen LogP contribution in [0, 0.1) is 20.8 Å². The fourth-order valence-electron chi connectivity index (χ4n) is 1.45. The Morgan fingerprint density at radius 2 is 1.38 bits per heavy atom. The molecule has 0 aliphatic carbocycles. The van der Waals surface area contributed by atoms with E-state index in [0.29, 0.717) is 11.9 Å². The standard InChI is InChI=1S/C6H5F3N2O.C6H8N2O/c1-3-10-4(6(7,8)9)2-5(12)11-3;1-4-3-6(9)8-5(2)7-4/h2H,1H3,(H,10,11,12);3H,1-2H3,(H,7,8,9). The van der Waals surface area contributed by atoms with E-state index >= 15 is 0 Å². The van der Waals surface area contributed by atoms with E-state index in [4.69, 9.17) is 0 Å². The highest BCUT2D eigenvalue weighted by atomic mass is 19.4. The van der Waals surface area contributed by atoms with Crippen molar-refractivity contribution in [2.24, 2.45) is 0 Å². The average Bonchev–Trinajstić information content (AvgIpc) is 2.24. The molecule has 2 heterocycles. The van der Waals surface area contributed by atoms with Crippen LogP contribution in [-0.4, -0.2) is 19.9 Å². The van der Waals surface area contributed by atoms with E-state index in [0.717, 1.165) is 5.69 Å². The van der Waals surface area contributed by atoms with Crippen molar-refractivity contribution < 1.29 is 13.2 Å². The van der Waals surface area contributed by atoms with Gasteiger partial charge in [0.2, 0.25) is 0 Å². The molecule has 0 spiro atoms. The van der Waals surface area contributed by atoms with Crippen LogP contribution in [0.4, 0.5) is 13.2 Å². The van der Waals surface area contributed by atoms with Crippen LogP contribution >= 0.6 is 0 Å². The van der Waals surface area contributed by atoms with E-state index in [1.54, 1.807) is 13.8 Å². The van der Waals surface area contributed by atoms with Crippen LogP contribution < -0.4 is 11.1 Å². The van der Waals surface area contributed by atoms with Gasteiger partial charge in [-0.15, -0.1) is 0 Å². The van der Waals surface area contributed by atoms with Crippen molar-refractivity contribution in [3.63, 3.8) is 0 Å². The van der Waals surface area contributed by atoms with Crippen molar-refractivity contribution in [2.45, 2.75) is 26.9 Å². The lowest BCUT2D eigenvalue weighted by Crippen LogP contribution is -2.16. The predicted octanol–water partition coefficient (Wildman–Crippen LogP) is 1.48. The molecule has 2 aromatic rings. The zero-order valence-corrected chi connectivity index (χ0v) is 11.5. The number of aromatic amines is 2. The first-order chi connectivity index (χ1) is 9.57. The highest BCUT2D eigenvalue weighted by Gasteiger charge is 2.32. The number of H-pyrrole nitrogens is 2. The lowest BCUT2D eigenvalue weighted by Gasteiger charge is -2.04.